The number of benzene rings is 2. The molecule has 2 aromatic carbocycles. The monoisotopic (exact) mass is 653 g/mol. The highest BCUT2D eigenvalue weighted by atomic mass is 16.8. The lowest BCUT2D eigenvalue weighted by Crippen LogP contribution is -2.62. The molecule has 0 saturated carbocycles. The summed E-state index contributed by atoms with van der Waals surface area (Å²) >= 11 is 0. The summed E-state index contributed by atoms with van der Waals surface area (Å²) in [6.07, 6.45) is 1.09. The minimum Gasteiger partial charge on any atom is -0.390 e. The maximum Gasteiger partial charge on any atom is 0.245 e. The van der Waals surface area contributed by atoms with E-state index in [0.29, 0.717) is 44.2 Å². The summed E-state index contributed by atoms with van der Waals surface area (Å²) in [4.78, 5) is 27.8. The van der Waals surface area contributed by atoms with Crippen molar-refractivity contribution < 1.29 is 34.4 Å². The Kier molecular flexibility index (Phi) is 11.6. The van der Waals surface area contributed by atoms with Crippen molar-refractivity contribution in [2.45, 2.75) is 114 Å². The Morgan fingerprint density at radius 3 is 2.32 bits per heavy atom. The van der Waals surface area contributed by atoms with Gasteiger partial charge in [0.25, 0.3) is 0 Å². The molecule has 0 unspecified atom stereocenters. The van der Waals surface area contributed by atoms with Crippen LogP contribution in [0.25, 0.3) is 0 Å². The number of amides is 2. The lowest BCUT2D eigenvalue weighted by Gasteiger charge is -2.48. The van der Waals surface area contributed by atoms with E-state index in [0.717, 1.165) is 35.2 Å². The molecule has 4 rings (SSSR count). The molecule has 2 aromatic rings. The van der Waals surface area contributed by atoms with E-state index >= 15 is 0 Å². The van der Waals surface area contributed by atoms with Crippen molar-refractivity contribution in [2.24, 2.45) is 0 Å². The topological polar surface area (TPSA) is 141 Å². The number of carbonyl (C=O) groups is 2. The highest BCUT2D eigenvalue weighted by Crippen LogP contribution is 2.53. The molecule has 47 heavy (non-hydrogen) atoms. The van der Waals surface area contributed by atoms with Gasteiger partial charge in [0.1, 0.15) is 17.2 Å². The van der Waals surface area contributed by atoms with Gasteiger partial charge >= 0.3 is 0 Å². The van der Waals surface area contributed by atoms with E-state index < -0.39 is 34.7 Å². The average molecular weight is 654 g/mol. The van der Waals surface area contributed by atoms with Gasteiger partial charge in [-0.1, -0.05) is 50.2 Å². The minimum atomic E-state index is -1.57. The second kappa shape index (κ2) is 14.7. The molecule has 0 spiro atoms. The third kappa shape index (κ3) is 7.90. The van der Waals surface area contributed by atoms with Crippen LogP contribution in [0, 0.1) is 6.92 Å². The fourth-order valence-corrected chi connectivity index (χ4v) is 6.66. The first-order valence-corrected chi connectivity index (χ1v) is 16.9. The molecule has 10 nitrogen and oxygen atoms in total. The van der Waals surface area contributed by atoms with Crippen LogP contribution in [0.1, 0.15) is 87.6 Å². The predicted molar refractivity (Wildman–Crippen MR) is 181 cm³/mol. The van der Waals surface area contributed by atoms with Gasteiger partial charge in [0, 0.05) is 31.5 Å². The van der Waals surface area contributed by atoms with E-state index in [2.05, 4.69) is 34.9 Å². The van der Waals surface area contributed by atoms with Gasteiger partial charge in [-0.2, -0.15) is 0 Å². The molecule has 2 saturated heterocycles. The average Bonchev–Trinajstić information content (AvgIpc) is 3.38. The SMILES string of the molecule is CCC(CC)(NC(=O)CCCc1ccc(Cc2cc([C@@]34OC[C@@](C(C)(C)O)(C[C@H](O)[C@H]3O)O4)ccc2C)cc1)C(=O)NCCN(C)C. The third-order valence-corrected chi connectivity index (χ3v) is 10.2. The smallest absolute Gasteiger partial charge is 0.245 e. The number of nitrogens with one attached hydrogen (secondary N) is 2. The molecule has 2 aliphatic rings. The molecule has 0 radical (unpaired) electrons. The normalized spacial score (nSPS) is 24.4. The number of hydrogen-bond acceptors (Lipinski definition) is 8. The first-order valence-electron chi connectivity index (χ1n) is 16.9. The molecular weight excluding hydrogens is 598 g/mol. The number of carbonyl (C=O) groups excluding carboxylic acids is 2. The third-order valence-electron chi connectivity index (χ3n) is 10.2. The summed E-state index contributed by atoms with van der Waals surface area (Å²) in [5, 5.41) is 38.7. The molecule has 5 N–H and O–H groups in total. The van der Waals surface area contributed by atoms with Gasteiger partial charge < -0.3 is 40.3 Å². The lowest BCUT2D eigenvalue weighted by atomic mass is 9.77. The van der Waals surface area contributed by atoms with Gasteiger partial charge in [-0.25, -0.2) is 0 Å². The first kappa shape index (κ1) is 37.0. The molecule has 2 amide bonds. The van der Waals surface area contributed by atoms with Gasteiger partial charge in [-0.05, 0) is 95.3 Å². The number of hydrogen-bond donors (Lipinski definition) is 5. The zero-order valence-corrected chi connectivity index (χ0v) is 29.2. The van der Waals surface area contributed by atoms with Crippen LogP contribution in [0.5, 0.6) is 0 Å². The van der Waals surface area contributed by atoms with Crippen LogP contribution < -0.4 is 10.6 Å². The molecule has 2 bridgehead atoms. The van der Waals surface area contributed by atoms with Crippen LogP contribution in [-0.4, -0.2) is 94.8 Å². The summed E-state index contributed by atoms with van der Waals surface area (Å²) in [6.45, 7) is 10.5. The number of rotatable bonds is 15. The molecule has 2 heterocycles. The quantitative estimate of drug-likeness (QED) is 0.198. The lowest BCUT2D eigenvalue weighted by molar-refractivity contribution is -0.319. The van der Waals surface area contributed by atoms with E-state index in [1.54, 1.807) is 13.8 Å². The maximum absolute atomic E-state index is 12.9. The van der Waals surface area contributed by atoms with Crippen LogP contribution in [0.3, 0.4) is 0 Å². The molecule has 260 valence electrons. The van der Waals surface area contributed by atoms with Crippen LogP contribution in [0.15, 0.2) is 42.5 Å². The molecule has 4 atom stereocenters. The first-order chi connectivity index (χ1) is 22.1. The van der Waals surface area contributed by atoms with Crippen molar-refractivity contribution in [3.8, 4) is 0 Å². The minimum absolute atomic E-state index is 0.0570. The van der Waals surface area contributed by atoms with Crippen molar-refractivity contribution >= 4 is 11.8 Å². The Morgan fingerprint density at radius 2 is 1.70 bits per heavy atom. The zero-order chi connectivity index (χ0) is 34.6. The largest absolute Gasteiger partial charge is 0.390 e. The van der Waals surface area contributed by atoms with Crippen molar-refractivity contribution in [3.63, 3.8) is 0 Å². The molecule has 0 aromatic heterocycles. The van der Waals surface area contributed by atoms with Gasteiger partial charge in [-0.15, -0.1) is 0 Å². The summed E-state index contributed by atoms with van der Waals surface area (Å²) in [5.74, 6) is -1.82. The number of nitrogens with zero attached hydrogens (tertiary/aromatic N) is 1. The zero-order valence-electron chi connectivity index (χ0n) is 29.2. The highest BCUT2D eigenvalue weighted by molar-refractivity contribution is 5.91. The summed E-state index contributed by atoms with van der Waals surface area (Å²) < 4.78 is 12.5. The summed E-state index contributed by atoms with van der Waals surface area (Å²) in [7, 11) is 3.91. The fraction of sp³-hybridized carbons (Fsp3) is 0.622. The van der Waals surface area contributed by atoms with Crippen molar-refractivity contribution in [3.05, 3.63) is 70.3 Å². The molecular formula is C37H55N3O7. The van der Waals surface area contributed by atoms with Crippen LogP contribution >= 0.6 is 0 Å². The Balaban J connectivity index is 1.36. The number of aryl methyl sites for hydroxylation is 2. The van der Waals surface area contributed by atoms with E-state index in [1.165, 1.54) is 0 Å². The highest BCUT2D eigenvalue weighted by Gasteiger charge is 2.67. The Labute approximate surface area is 279 Å². The Bertz CT molecular complexity index is 1390. The van der Waals surface area contributed by atoms with Crippen LogP contribution in [-0.2, 0) is 37.7 Å². The number of aliphatic hydroxyl groups is 3. The summed E-state index contributed by atoms with van der Waals surface area (Å²) in [5.41, 5.74) is 1.61. The van der Waals surface area contributed by atoms with Crippen LogP contribution in [0.4, 0.5) is 0 Å². The molecule has 10 heteroatoms. The van der Waals surface area contributed by atoms with E-state index in [9.17, 15) is 24.9 Å². The standard InChI is InChI=1S/C37H55N3O7/c1-8-35(9-2,33(44)38-19-20-40(6)7)39-31(42)12-10-11-26-14-16-27(17-15-26)21-28-22-29(18-13-25(28)3)37-32(43)30(41)23-36(47-37,24-46-37)34(4,5)45/h13-18,22,30,32,41,43,45H,8-12,19-21,23-24H2,1-7H3,(H,38,44)(H,39,42)/t30-,32+,36+,37-/m0/s1. The van der Waals surface area contributed by atoms with Gasteiger partial charge in [0.2, 0.25) is 17.6 Å². The maximum atomic E-state index is 12.9. The number of fused-ring (bicyclic) bond motifs is 2. The van der Waals surface area contributed by atoms with E-state index in [1.807, 2.05) is 58.0 Å². The van der Waals surface area contributed by atoms with Gasteiger partial charge in [0.05, 0.1) is 18.3 Å². The van der Waals surface area contributed by atoms with E-state index in [-0.39, 0.29) is 24.8 Å². The van der Waals surface area contributed by atoms with E-state index in [4.69, 9.17) is 9.47 Å². The number of ether oxygens (including phenoxy) is 2. The Morgan fingerprint density at radius 1 is 1.04 bits per heavy atom. The second-order valence-corrected chi connectivity index (χ2v) is 14.2. The molecule has 2 aliphatic heterocycles. The predicted octanol–water partition coefficient (Wildman–Crippen LogP) is 3.10. The fourth-order valence-electron chi connectivity index (χ4n) is 6.66. The number of likely N-dealkylation sites (N-methyl/N-ethyl adjacent to an activating group) is 1. The summed E-state index contributed by atoms with van der Waals surface area (Å²) in [6, 6.07) is 14.1. The van der Waals surface area contributed by atoms with Gasteiger partial charge in [-0.3, -0.25) is 9.59 Å². The van der Waals surface area contributed by atoms with Crippen molar-refractivity contribution in [2.75, 3.05) is 33.8 Å². The number of aliphatic hydroxyl groups excluding tert-OH is 2. The van der Waals surface area contributed by atoms with Crippen molar-refractivity contribution in [1.29, 1.82) is 0 Å². The second-order valence-electron chi connectivity index (χ2n) is 14.2. The van der Waals surface area contributed by atoms with Crippen LogP contribution in [0.2, 0.25) is 0 Å². The van der Waals surface area contributed by atoms with Gasteiger partial charge in [0.15, 0.2) is 0 Å². The Hall–Kier alpha value is -2.86. The molecule has 0 aliphatic carbocycles. The molecule has 2 fully saturated rings. The van der Waals surface area contributed by atoms with Crippen molar-refractivity contribution in [1.82, 2.24) is 15.5 Å².